The molecule has 0 aromatic heterocycles. The average molecular weight is 256 g/mol. The molecule has 2 N–H and O–H groups in total. The minimum atomic E-state index is -0.531. The number of halogens is 2. The Hall–Kier alpha value is -1.47. The fourth-order valence-corrected chi connectivity index (χ4v) is 1.79. The number of nitrogens with zero attached hydrogens (tertiary/aromatic N) is 2. The first-order valence-corrected chi connectivity index (χ1v) is 5.73. The summed E-state index contributed by atoms with van der Waals surface area (Å²) in [6.45, 7) is 4.50. The van der Waals surface area contributed by atoms with Crippen LogP contribution in [0.5, 0.6) is 0 Å². The van der Waals surface area contributed by atoms with Crippen LogP contribution in [0.25, 0.3) is 0 Å². The van der Waals surface area contributed by atoms with E-state index in [4.69, 9.17) is 22.6 Å². The van der Waals surface area contributed by atoms with Gasteiger partial charge in [0, 0.05) is 18.7 Å². The van der Waals surface area contributed by atoms with Crippen LogP contribution < -0.4 is 10.6 Å². The third-order valence-electron chi connectivity index (χ3n) is 2.47. The summed E-state index contributed by atoms with van der Waals surface area (Å²) < 4.78 is 13.2. The van der Waals surface area contributed by atoms with Crippen LogP contribution in [-0.4, -0.2) is 12.6 Å². The number of nitrogens with two attached hydrogens (primary N) is 1. The molecule has 17 heavy (non-hydrogen) atoms. The van der Waals surface area contributed by atoms with E-state index in [0.717, 1.165) is 0 Å². The van der Waals surface area contributed by atoms with Crippen molar-refractivity contribution >= 4 is 23.0 Å². The Morgan fingerprint density at radius 1 is 1.53 bits per heavy atom. The number of hydrogen-bond acceptors (Lipinski definition) is 3. The molecular weight excluding hydrogens is 241 g/mol. The molecule has 0 amide bonds. The molecule has 0 aliphatic heterocycles. The summed E-state index contributed by atoms with van der Waals surface area (Å²) in [6.07, 6.45) is 0.382. The van der Waals surface area contributed by atoms with Crippen LogP contribution in [-0.2, 0) is 0 Å². The molecule has 1 aromatic rings. The van der Waals surface area contributed by atoms with E-state index < -0.39 is 5.82 Å². The number of nitrogen functional groups attached to an aromatic ring is 1. The van der Waals surface area contributed by atoms with Crippen molar-refractivity contribution in [2.45, 2.75) is 26.3 Å². The van der Waals surface area contributed by atoms with Crippen molar-refractivity contribution in [1.29, 1.82) is 5.26 Å². The quantitative estimate of drug-likeness (QED) is 0.841. The Kier molecular flexibility index (Phi) is 4.59. The van der Waals surface area contributed by atoms with Crippen molar-refractivity contribution in [3.63, 3.8) is 0 Å². The van der Waals surface area contributed by atoms with E-state index in [1.165, 1.54) is 12.1 Å². The van der Waals surface area contributed by atoms with E-state index in [-0.39, 0.29) is 11.1 Å². The van der Waals surface area contributed by atoms with Gasteiger partial charge in [0.25, 0.3) is 0 Å². The monoisotopic (exact) mass is 255 g/mol. The summed E-state index contributed by atoms with van der Waals surface area (Å²) in [7, 11) is 0. The third kappa shape index (κ3) is 3.24. The molecule has 0 fully saturated rings. The van der Waals surface area contributed by atoms with Gasteiger partial charge in [-0.25, -0.2) is 4.39 Å². The Morgan fingerprint density at radius 3 is 2.71 bits per heavy atom. The van der Waals surface area contributed by atoms with Gasteiger partial charge in [0.2, 0.25) is 0 Å². The Labute approximate surface area is 106 Å². The molecule has 5 heteroatoms. The van der Waals surface area contributed by atoms with Crippen LogP contribution in [0.1, 0.15) is 20.3 Å². The van der Waals surface area contributed by atoms with Crippen molar-refractivity contribution in [1.82, 2.24) is 0 Å². The predicted octanol–water partition coefficient (Wildman–Crippen LogP) is 3.19. The summed E-state index contributed by atoms with van der Waals surface area (Å²) in [5.41, 5.74) is 6.78. The number of anilines is 2. The number of rotatable bonds is 4. The molecule has 0 heterocycles. The van der Waals surface area contributed by atoms with Gasteiger partial charge < -0.3 is 10.6 Å². The molecule has 0 aliphatic rings. The second-order valence-corrected chi connectivity index (χ2v) is 4.43. The number of hydrogen-bond donors (Lipinski definition) is 1. The fourth-order valence-electron chi connectivity index (χ4n) is 1.63. The summed E-state index contributed by atoms with van der Waals surface area (Å²) in [5, 5.41) is 8.66. The van der Waals surface area contributed by atoms with E-state index in [1.807, 2.05) is 18.7 Å². The SMILES string of the molecule is CC(C)N(CCC#N)c1cc(Cl)c(F)cc1N. The van der Waals surface area contributed by atoms with Gasteiger partial charge in [-0.1, -0.05) is 11.6 Å². The summed E-state index contributed by atoms with van der Waals surface area (Å²) in [4.78, 5) is 1.93. The molecule has 1 aromatic carbocycles. The molecule has 0 saturated heterocycles. The van der Waals surface area contributed by atoms with Gasteiger partial charge >= 0.3 is 0 Å². The highest BCUT2D eigenvalue weighted by Gasteiger charge is 2.15. The lowest BCUT2D eigenvalue weighted by atomic mass is 10.2. The van der Waals surface area contributed by atoms with Gasteiger partial charge in [-0.3, -0.25) is 0 Å². The summed E-state index contributed by atoms with van der Waals surface area (Å²) >= 11 is 5.75. The highest BCUT2D eigenvalue weighted by atomic mass is 35.5. The Bertz CT molecular complexity index is 440. The highest BCUT2D eigenvalue weighted by molar-refractivity contribution is 6.31. The maximum absolute atomic E-state index is 13.2. The zero-order valence-corrected chi connectivity index (χ0v) is 10.6. The Morgan fingerprint density at radius 2 is 2.18 bits per heavy atom. The predicted molar refractivity (Wildman–Crippen MR) is 68.5 cm³/mol. The molecule has 0 radical (unpaired) electrons. The minimum absolute atomic E-state index is 0.0387. The van der Waals surface area contributed by atoms with Gasteiger partial charge in [-0.05, 0) is 19.9 Å². The third-order valence-corrected chi connectivity index (χ3v) is 2.76. The standard InChI is InChI=1S/C12H15ClFN3/c1-8(2)17(5-3-4-15)12-6-9(13)10(14)7-11(12)16/h6-8H,3,5,16H2,1-2H3. The molecule has 0 atom stereocenters. The van der Waals surface area contributed by atoms with Crippen LogP contribution in [0, 0.1) is 17.1 Å². The van der Waals surface area contributed by atoms with E-state index in [2.05, 4.69) is 6.07 Å². The summed E-state index contributed by atoms with van der Waals surface area (Å²) in [6, 6.07) is 4.95. The first kappa shape index (κ1) is 13.6. The average Bonchev–Trinajstić information content (AvgIpc) is 2.25. The van der Waals surface area contributed by atoms with Crippen LogP contribution >= 0.6 is 11.6 Å². The van der Waals surface area contributed by atoms with Crippen LogP contribution in [0.15, 0.2) is 12.1 Å². The van der Waals surface area contributed by atoms with Crippen molar-refractivity contribution in [2.24, 2.45) is 0 Å². The van der Waals surface area contributed by atoms with Crippen molar-refractivity contribution in [3.8, 4) is 6.07 Å². The van der Waals surface area contributed by atoms with E-state index >= 15 is 0 Å². The molecule has 92 valence electrons. The fraction of sp³-hybridized carbons (Fsp3) is 0.417. The van der Waals surface area contributed by atoms with Gasteiger partial charge in [0.1, 0.15) is 5.82 Å². The van der Waals surface area contributed by atoms with Gasteiger partial charge in [0.05, 0.1) is 28.9 Å². The van der Waals surface area contributed by atoms with Crippen LogP contribution in [0.3, 0.4) is 0 Å². The van der Waals surface area contributed by atoms with E-state index in [9.17, 15) is 4.39 Å². The molecule has 0 bridgehead atoms. The smallest absolute Gasteiger partial charge is 0.143 e. The van der Waals surface area contributed by atoms with Gasteiger partial charge in [-0.15, -0.1) is 0 Å². The highest BCUT2D eigenvalue weighted by Crippen LogP contribution is 2.30. The van der Waals surface area contributed by atoms with Crippen molar-refractivity contribution in [2.75, 3.05) is 17.2 Å². The van der Waals surface area contributed by atoms with Crippen molar-refractivity contribution < 1.29 is 4.39 Å². The topological polar surface area (TPSA) is 53.0 Å². The van der Waals surface area contributed by atoms with Crippen LogP contribution in [0.2, 0.25) is 5.02 Å². The van der Waals surface area contributed by atoms with Crippen molar-refractivity contribution in [3.05, 3.63) is 23.0 Å². The van der Waals surface area contributed by atoms with E-state index in [1.54, 1.807) is 0 Å². The van der Waals surface area contributed by atoms with Gasteiger partial charge in [0.15, 0.2) is 0 Å². The maximum Gasteiger partial charge on any atom is 0.143 e. The van der Waals surface area contributed by atoms with E-state index in [0.29, 0.717) is 24.3 Å². The lowest BCUT2D eigenvalue weighted by Crippen LogP contribution is -2.32. The molecule has 0 unspecified atom stereocenters. The zero-order chi connectivity index (χ0) is 13.0. The number of nitriles is 1. The Balaban J connectivity index is 3.10. The molecular formula is C12H15ClFN3. The first-order chi connectivity index (χ1) is 7.97. The largest absolute Gasteiger partial charge is 0.397 e. The zero-order valence-electron chi connectivity index (χ0n) is 9.87. The molecule has 1 rings (SSSR count). The van der Waals surface area contributed by atoms with Crippen LogP contribution in [0.4, 0.5) is 15.8 Å². The second kappa shape index (κ2) is 5.74. The normalized spacial score (nSPS) is 10.4. The molecule has 0 saturated carbocycles. The maximum atomic E-state index is 13.2. The molecule has 0 aliphatic carbocycles. The lowest BCUT2D eigenvalue weighted by molar-refractivity contribution is 0.627. The minimum Gasteiger partial charge on any atom is -0.397 e. The first-order valence-electron chi connectivity index (χ1n) is 5.35. The lowest BCUT2D eigenvalue weighted by Gasteiger charge is -2.29. The molecule has 0 spiro atoms. The molecule has 3 nitrogen and oxygen atoms in total. The summed E-state index contributed by atoms with van der Waals surface area (Å²) in [5.74, 6) is -0.531. The number of benzene rings is 1. The van der Waals surface area contributed by atoms with Gasteiger partial charge in [-0.2, -0.15) is 5.26 Å². The second-order valence-electron chi connectivity index (χ2n) is 4.02.